The van der Waals surface area contributed by atoms with Gasteiger partial charge in [0, 0.05) is 6.42 Å². The fourth-order valence-corrected chi connectivity index (χ4v) is 4.93. The second-order valence-corrected chi connectivity index (χ2v) is 10.4. The van der Waals surface area contributed by atoms with Crippen molar-refractivity contribution in [2.45, 2.75) is 100 Å². The van der Waals surface area contributed by atoms with Gasteiger partial charge in [-0.25, -0.2) is 0 Å². The quantitative estimate of drug-likeness (QED) is 0.263. The summed E-state index contributed by atoms with van der Waals surface area (Å²) in [5, 5.41) is 0. The van der Waals surface area contributed by atoms with Crippen LogP contribution in [0, 0.1) is 35.5 Å². The molecule has 0 bridgehead atoms. The van der Waals surface area contributed by atoms with E-state index in [0.717, 1.165) is 42.1 Å². The van der Waals surface area contributed by atoms with Crippen LogP contribution in [0.1, 0.15) is 100 Å². The summed E-state index contributed by atoms with van der Waals surface area (Å²) in [4.78, 5) is 11.5. The molecule has 5 unspecified atom stereocenters. The average molecular weight is 377 g/mol. The molecule has 0 saturated carbocycles. The first-order valence-corrected chi connectivity index (χ1v) is 11.2. The summed E-state index contributed by atoms with van der Waals surface area (Å²) in [6, 6.07) is 0. The summed E-state index contributed by atoms with van der Waals surface area (Å²) in [7, 11) is 0. The van der Waals surface area contributed by atoms with Crippen molar-refractivity contribution in [2.75, 3.05) is 0 Å². The number of allylic oxidation sites excluding steroid dienone is 2. The van der Waals surface area contributed by atoms with Crippen LogP contribution in [-0.2, 0) is 4.79 Å². The molecular weight excluding hydrogens is 328 g/mol. The molecule has 27 heavy (non-hydrogen) atoms. The Hall–Kier alpha value is -0.850. The zero-order valence-electron chi connectivity index (χ0n) is 19.7. The molecule has 5 atom stereocenters. The lowest BCUT2D eigenvalue weighted by molar-refractivity contribution is -0.117. The van der Waals surface area contributed by atoms with Crippen molar-refractivity contribution in [3.63, 3.8) is 0 Å². The molecule has 0 aromatic carbocycles. The molecule has 0 aliphatic heterocycles. The van der Waals surface area contributed by atoms with Crippen LogP contribution in [-0.4, -0.2) is 5.78 Å². The normalized spacial score (nSPS) is 17.2. The molecule has 0 aromatic heterocycles. The van der Waals surface area contributed by atoms with Gasteiger partial charge in [-0.15, -0.1) is 0 Å². The molecule has 0 fully saturated rings. The van der Waals surface area contributed by atoms with E-state index in [0.29, 0.717) is 12.3 Å². The topological polar surface area (TPSA) is 17.1 Å². The molecule has 0 saturated heterocycles. The Morgan fingerprint density at radius 1 is 0.667 bits per heavy atom. The Kier molecular flexibility index (Phi) is 12.9. The van der Waals surface area contributed by atoms with E-state index >= 15 is 0 Å². The summed E-state index contributed by atoms with van der Waals surface area (Å²) < 4.78 is 0. The van der Waals surface area contributed by atoms with Crippen molar-refractivity contribution in [1.29, 1.82) is 0 Å². The van der Waals surface area contributed by atoms with Crippen LogP contribution in [0.25, 0.3) is 0 Å². The number of hydrogen-bond donors (Lipinski definition) is 0. The maximum absolute atomic E-state index is 11.5. The summed E-state index contributed by atoms with van der Waals surface area (Å²) in [5.74, 6) is 4.40. The van der Waals surface area contributed by atoms with Gasteiger partial charge in [-0.05, 0) is 87.9 Å². The van der Waals surface area contributed by atoms with Gasteiger partial charge < -0.3 is 4.79 Å². The predicted octanol–water partition coefficient (Wildman–Crippen LogP) is 8.26. The molecule has 0 aromatic rings. The van der Waals surface area contributed by atoms with E-state index in [2.05, 4.69) is 54.7 Å². The van der Waals surface area contributed by atoms with E-state index in [1.807, 2.05) is 6.92 Å². The molecule has 0 amide bonds. The van der Waals surface area contributed by atoms with E-state index in [9.17, 15) is 4.79 Å². The first-order valence-electron chi connectivity index (χ1n) is 11.2. The van der Waals surface area contributed by atoms with E-state index in [-0.39, 0.29) is 11.7 Å². The van der Waals surface area contributed by atoms with Crippen molar-refractivity contribution in [3.05, 3.63) is 24.3 Å². The van der Waals surface area contributed by atoms with Crippen LogP contribution < -0.4 is 0 Å². The van der Waals surface area contributed by atoms with Gasteiger partial charge in [-0.2, -0.15) is 0 Å². The number of hydrogen-bond acceptors (Lipinski definition) is 1. The zero-order valence-corrected chi connectivity index (χ0v) is 19.7. The Bertz CT molecular complexity index is 459. The third-order valence-corrected chi connectivity index (χ3v) is 5.69. The van der Waals surface area contributed by atoms with Crippen LogP contribution in [0.5, 0.6) is 0 Å². The molecule has 0 heterocycles. The highest BCUT2D eigenvalue weighted by Crippen LogP contribution is 2.30. The fraction of sp³-hybridized carbons (Fsp3) is 0.808. The van der Waals surface area contributed by atoms with Crippen LogP contribution >= 0.6 is 0 Å². The summed E-state index contributed by atoms with van der Waals surface area (Å²) in [6.45, 7) is 26.3. The Balaban J connectivity index is 4.31. The van der Waals surface area contributed by atoms with Crippen molar-refractivity contribution in [2.24, 2.45) is 35.5 Å². The number of carbonyl (C=O) groups is 1. The molecular formula is C26H48O. The van der Waals surface area contributed by atoms with Crippen LogP contribution in [0.2, 0.25) is 0 Å². The first kappa shape index (κ1) is 26.1. The minimum absolute atomic E-state index is 0.248. The first-order chi connectivity index (χ1) is 12.4. The van der Waals surface area contributed by atoms with E-state index < -0.39 is 0 Å². The molecule has 0 rings (SSSR count). The average Bonchev–Trinajstić information content (AvgIpc) is 2.43. The summed E-state index contributed by atoms with van der Waals surface area (Å²) >= 11 is 0. The van der Waals surface area contributed by atoms with Gasteiger partial charge in [0.25, 0.3) is 0 Å². The Labute approximate surface area is 171 Å². The second-order valence-electron chi connectivity index (χ2n) is 10.4. The minimum Gasteiger partial charge on any atom is -0.300 e. The molecule has 1 nitrogen and oxygen atoms in total. The largest absolute Gasteiger partial charge is 0.300 e. The maximum Gasteiger partial charge on any atom is 0.130 e. The Morgan fingerprint density at radius 3 is 1.52 bits per heavy atom. The highest BCUT2D eigenvalue weighted by molar-refractivity contribution is 5.76. The monoisotopic (exact) mass is 376 g/mol. The number of ketones is 1. The molecule has 1 heteroatoms. The number of Topliss-reactive ketones (excluding diaryl/α,β-unsaturated/α-hetero) is 1. The van der Waals surface area contributed by atoms with Gasteiger partial charge in [0.15, 0.2) is 0 Å². The van der Waals surface area contributed by atoms with Gasteiger partial charge in [0.1, 0.15) is 5.78 Å². The predicted molar refractivity (Wildman–Crippen MR) is 122 cm³/mol. The highest BCUT2D eigenvalue weighted by Gasteiger charge is 2.18. The third kappa shape index (κ3) is 13.9. The van der Waals surface area contributed by atoms with E-state index in [1.54, 1.807) is 6.92 Å². The lowest BCUT2D eigenvalue weighted by atomic mass is 9.81. The van der Waals surface area contributed by atoms with Crippen LogP contribution in [0.4, 0.5) is 0 Å². The van der Waals surface area contributed by atoms with Crippen molar-refractivity contribution < 1.29 is 4.79 Å². The molecule has 0 aliphatic carbocycles. The van der Waals surface area contributed by atoms with Crippen molar-refractivity contribution in [1.82, 2.24) is 0 Å². The van der Waals surface area contributed by atoms with Crippen molar-refractivity contribution >= 4 is 5.78 Å². The van der Waals surface area contributed by atoms with Gasteiger partial charge in [0.05, 0.1) is 0 Å². The summed E-state index contributed by atoms with van der Waals surface area (Å²) in [6.07, 6.45) is 7.89. The van der Waals surface area contributed by atoms with Gasteiger partial charge in [-0.3, -0.25) is 0 Å². The smallest absolute Gasteiger partial charge is 0.130 e. The highest BCUT2D eigenvalue weighted by atomic mass is 16.1. The van der Waals surface area contributed by atoms with E-state index in [4.69, 9.17) is 0 Å². The molecule has 0 N–H and O–H groups in total. The van der Waals surface area contributed by atoms with Crippen LogP contribution in [0.3, 0.4) is 0 Å². The van der Waals surface area contributed by atoms with Gasteiger partial charge >= 0.3 is 0 Å². The SMILES string of the molecule is C=C(CC(C)CC(C)CC(C)CC(C)CC(C)C)CC(CC(C)=O)C(=C)C. The molecule has 0 radical (unpaired) electrons. The van der Waals surface area contributed by atoms with Gasteiger partial charge in [0.2, 0.25) is 0 Å². The maximum atomic E-state index is 11.5. The number of rotatable bonds is 15. The number of carbonyl (C=O) groups excluding carboxylic acids is 1. The third-order valence-electron chi connectivity index (χ3n) is 5.69. The fourth-order valence-electron chi connectivity index (χ4n) is 4.93. The zero-order chi connectivity index (χ0) is 21.1. The second kappa shape index (κ2) is 13.3. The Morgan fingerprint density at radius 2 is 1.11 bits per heavy atom. The summed E-state index contributed by atoms with van der Waals surface area (Å²) in [5.41, 5.74) is 2.39. The lowest BCUT2D eigenvalue weighted by Crippen LogP contribution is -2.13. The van der Waals surface area contributed by atoms with E-state index in [1.165, 1.54) is 31.3 Å². The van der Waals surface area contributed by atoms with Crippen LogP contribution in [0.15, 0.2) is 24.3 Å². The molecule has 0 aliphatic rings. The minimum atomic E-state index is 0.248. The molecule has 0 spiro atoms. The molecule has 158 valence electrons. The lowest BCUT2D eigenvalue weighted by Gasteiger charge is -2.24. The standard InChI is InChI=1S/C26H48O/c1-18(2)11-20(5)12-21(6)13-22(7)14-23(8)15-24(9)16-26(19(3)4)17-25(10)27/h18,20-23,26H,3,9,11-17H2,1-2,4-8,10H3. The van der Waals surface area contributed by atoms with Crippen molar-refractivity contribution in [3.8, 4) is 0 Å². The van der Waals surface area contributed by atoms with Gasteiger partial charge in [-0.1, -0.05) is 65.8 Å².